The minimum Gasteiger partial charge on any atom is -0.349 e. The minimum atomic E-state index is -0.575. The summed E-state index contributed by atoms with van der Waals surface area (Å²) in [7, 11) is 3.79. The molecule has 1 aromatic rings. The van der Waals surface area contributed by atoms with Crippen LogP contribution in [0.25, 0.3) is 0 Å². The fourth-order valence-electron chi connectivity index (χ4n) is 3.01. The van der Waals surface area contributed by atoms with E-state index in [1.54, 1.807) is 6.33 Å². The first-order chi connectivity index (χ1) is 10.5. The van der Waals surface area contributed by atoms with Crippen molar-refractivity contribution in [3.63, 3.8) is 0 Å². The molecule has 0 bridgehead atoms. The van der Waals surface area contributed by atoms with E-state index in [0.29, 0.717) is 5.96 Å². The van der Waals surface area contributed by atoms with E-state index in [-0.39, 0.29) is 5.91 Å². The molecular formula is C14H23N7O. The average Bonchev–Trinajstić information content (AvgIpc) is 3.07. The van der Waals surface area contributed by atoms with Crippen LogP contribution in [0.3, 0.4) is 0 Å². The molecule has 1 aromatic heterocycles. The summed E-state index contributed by atoms with van der Waals surface area (Å²) in [5.41, 5.74) is -0.575. The second-order valence-corrected chi connectivity index (χ2v) is 6.08. The van der Waals surface area contributed by atoms with Crippen LogP contribution in [0.4, 0.5) is 0 Å². The molecule has 1 saturated heterocycles. The number of hydrogen-bond acceptors (Lipinski definition) is 6. The summed E-state index contributed by atoms with van der Waals surface area (Å²) < 4.78 is 1.91. The van der Waals surface area contributed by atoms with Gasteiger partial charge >= 0.3 is 0 Å². The predicted molar refractivity (Wildman–Crippen MR) is 82.2 cm³/mol. The summed E-state index contributed by atoms with van der Waals surface area (Å²) in [5.74, 6) is 1.68. The fraction of sp³-hybridized carbons (Fsp3) is 0.714. The molecule has 0 unspecified atom stereocenters. The van der Waals surface area contributed by atoms with E-state index in [0.717, 1.165) is 44.8 Å². The molecule has 0 atom stereocenters. The lowest BCUT2D eigenvalue weighted by Gasteiger charge is -2.35. The average molecular weight is 305 g/mol. The predicted octanol–water partition coefficient (Wildman–Crippen LogP) is -0.320. The normalized spacial score (nSPS) is 21.0. The Morgan fingerprint density at radius 3 is 2.68 bits per heavy atom. The van der Waals surface area contributed by atoms with Crippen molar-refractivity contribution in [3.8, 4) is 0 Å². The molecule has 8 nitrogen and oxygen atoms in total. The van der Waals surface area contributed by atoms with Gasteiger partial charge in [0.25, 0.3) is 5.91 Å². The van der Waals surface area contributed by atoms with Gasteiger partial charge in [-0.2, -0.15) is 5.10 Å². The Bertz CT molecular complexity index is 584. The third kappa shape index (κ3) is 2.58. The topological polar surface area (TPSA) is 78.7 Å². The maximum absolute atomic E-state index is 12.3. The molecule has 22 heavy (non-hydrogen) atoms. The Kier molecular flexibility index (Phi) is 3.86. The second-order valence-electron chi connectivity index (χ2n) is 6.08. The van der Waals surface area contributed by atoms with Crippen molar-refractivity contribution in [3.05, 3.63) is 12.2 Å². The van der Waals surface area contributed by atoms with E-state index in [4.69, 9.17) is 0 Å². The molecule has 0 radical (unpaired) electrons. The van der Waals surface area contributed by atoms with Crippen molar-refractivity contribution in [2.75, 3.05) is 27.2 Å². The van der Waals surface area contributed by atoms with Crippen molar-refractivity contribution in [2.24, 2.45) is 4.99 Å². The molecule has 0 aliphatic carbocycles. The van der Waals surface area contributed by atoms with Gasteiger partial charge in [0.2, 0.25) is 5.96 Å². The number of aromatic nitrogens is 3. The van der Waals surface area contributed by atoms with E-state index in [1.807, 2.05) is 23.7 Å². The van der Waals surface area contributed by atoms with Crippen LogP contribution in [0, 0.1) is 0 Å². The number of aliphatic imine (C=N–C) groups is 1. The van der Waals surface area contributed by atoms with Crippen LogP contribution in [0.15, 0.2) is 11.3 Å². The monoisotopic (exact) mass is 305 g/mol. The van der Waals surface area contributed by atoms with Crippen LogP contribution < -0.4 is 5.32 Å². The molecule has 0 aromatic carbocycles. The highest BCUT2D eigenvalue weighted by Gasteiger charge is 2.46. The maximum atomic E-state index is 12.3. The largest absolute Gasteiger partial charge is 0.349 e. The van der Waals surface area contributed by atoms with Crippen LogP contribution in [0.5, 0.6) is 0 Å². The number of likely N-dealkylation sites (tertiary alicyclic amines) is 1. The Morgan fingerprint density at radius 1 is 1.36 bits per heavy atom. The number of hydrogen-bond donors (Lipinski definition) is 1. The molecule has 2 aliphatic heterocycles. The molecule has 8 heteroatoms. The van der Waals surface area contributed by atoms with Gasteiger partial charge in [-0.05, 0) is 19.8 Å². The fourth-order valence-corrected chi connectivity index (χ4v) is 3.01. The number of carbonyl (C=O) groups is 1. The molecule has 3 rings (SSSR count). The number of rotatable bonds is 3. The van der Waals surface area contributed by atoms with Crippen molar-refractivity contribution in [1.82, 2.24) is 29.9 Å². The van der Waals surface area contributed by atoms with Gasteiger partial charge in [-0.1, -0.05) is 0 Å². The lowest BCUT2D eigenvalue weighted by Crippen LogP contribution is -2.49. The molecular weight excluding hydrogens is 282 g/mol. The van der Waals surface area contributed by atoms with Gasteiger partial charge in [0.05, 0.1) is 6.54 Å². The quantitative estimate of drug-likeness (QED) is 0.828. The van der Waals surface area contributed by atoms with Gasteiger partial charge < -0.3 is 4.90 Å². The van der Waals surface area contributed by atoms with Gasteiger partial charge in [0, 0.05) is 33.7 Å². The van der Waals surface area contributed by atoms with Gasteiger partial charge in [0.1, 0.15) is 17.7 Å². The number of amides is 1. The first-order valence-electron chi connectivity index (χ1n) is 7.72. The molecule has 3 heterocycles. The van der Waals surface area contributed by atoms with Gasteiger partial charge in [-0.3, -0.25) is 15.0 Å². The smallest absolute Gasteiger partial charge is 0.254 e. The highest BCUT2D eigenvalue weighted by Crippen LogP contribution is 2.30. The molecule has 1 N–H and O–H groups in total. The summed E-state index contributed by atoms with van der Waals surface area (Å²) in [6, 6.07) is 0. The lowest BCUT2D eigenvalue weighted by molar-refractivity contribution is -0.125. The number of piperidine rings is 1. The summed E-state index contributed by atoms with van der Waals surface area (Å²) >= 11 is 0. The lowest BCUT2D eigenvalue weighted by atomic mass is 9.88. The third-order valence-electron chi connectivity index (χ3n) is 4.44. The van der Waals surface area contributed by atoms with Gasteiger partial charge in [-0.15, -0.1) is 0 Å². The van der Waals surface area contributed by atoms with Crippen molar-refractivity contribution in [1.29, 1.82) is 0 Å². The van der Waals surface area contributed by atoms with E-state index >= 15 is 0 Å². The van der Waals surface area contributed by atoms with Crippen LogP contribution in [-0.2, 0) is 17.9 Å². The second kappa shape index (κ2) is 5.68. The van der Waals surface area contributed by atoms with Crippen LogP contribution >= 0.6 is 0 Å². The highest BCUT2D eigenvalue weighted by molar-refractivity contribution is 6.07. The summed E-state index contributed by atoms with van der Waals surface area (Å²) in [5, 5.41) is 7.08. The zero-order valence-corrected chi connectivity index (χ0v) is 13.4. The van der Waals surface area contributed by atoms with Gasteiger partial charge in [0.15, 0.2) is 0 Å². The van der Waals surface area contributed by atoms with Crippen molar-refractivity contribution < 1.29 is 4.79 Å². The number of nitrogens with one attached hydrogen (secondary N) is 1. The zero-order chi connectivity index (χ0) is 15.7. The summed E-state index contributed by atoms with van der Waals surface area (Å²) in [4.78, 5) is 25.4. The number of guanidine groups is 1. The molecule has 1 fully saturated rings. The maximum Gasteiger partial charge on any atom is 0.254 e. The molecule has 120 valence electrons. The molecule has 2 aliphatic rings. The van der Waals surface area contributed by atoms with Crippen LogP contribution in [0.2, 0.25) is 0 Å². The van der Waals surface area contributed by atoms with E-state index in [1.165, 1.54) is 0 Å². The first kappa shape index (κ1) is 15.0. The minimum absolute atomic E-state index is 0.0348. The molecule has 1 spiro atoms. The van der Waals surface area contributed by atoms with Crippen LogP contribution in [-0.4, -0.2) is 69.2 Å². The van der Waals surface area contributed by atoms with Crippen LogP contribution in [0.1, 0.15) is 25.6 Å². The number of carbonyl (C=O) groups excluding carboxylic acids is 1. The Balaban J connectivity index is 1.64. The van der Waals surface area contributed by atoms with E-state index < -0.39 is 5.54 Å². The Hall–Kier alpha value is -1.96. The Morgan fingerprint density at radius 2 is 2.09 bits per heavy atom. The highest BCUT2D eigenvalue weighted by atomic mass is 16.2. The van der Waals surface area contributed by atoms with E-state index in [2.05, 4.69) is 32.2 Å². The van der Waals surface area contributed by atoms with Crippen molar-refractivity contribution in [2.45, 2.75) is 38.4 Å². The SMILES string of the molecule is CCn1ncnc1CN1CCC2(CC1)N=C(N(C)C)NC2=O. The molecule has 1 amide bonds. The van der Waals surface area contributed by atoms with Gasteiger partial charge in [-0.25, -0.2) is 14.7 Å². The summed E-state index contributed by atoms with van der Waals surface area (Å²) in [6.07, 6.45) is 3.09. The number of aryl methyl sites for hydroxylation is 1. The molecule has 0 saturated carbocycles. The summed E-state index contributed by atoms with van der Waals surface area (Å²) in [6.45, 7) is 5.34. The Labute approximate surface area is 130 Å². The number of nitrogens with zero attached hydrogens (tertiary/aromatic N) is 6. The zero-order valence-electron chi connectivity index (χ0n) is 13.4. The third-order valence-corrected chi connectivity index (χ3v) is 4.44. The first-order valence-corrected chi connectivity index (χ1v) is 7.72. The van der Waals surface area contributed by atoms with E-state index in [9.17, 15) is 4.79 Å². The van der Waals surface area contributed by atoms with Crippen molar-refractivity contribution >= 4 is 11.9 Å². The standard InChI is InChI=1S/C14H23N7O/c1-4-21-11(15-10-16-21)9-20-7-5-14(6-8-20)12(22)17-13(18-14)19(2)3/h10H,4-9H2,1-3H3,(H,17,18,22).